The molecule has 0 bridgehead atoms. The summed E-state index contributed by atoms with van der Waals surface area (Å²) >= 11 is 0. The number of hydrogen-bond donors (Lipinski definition) is 0. The van der Waals surface area contributed by atoms with E-state index in [4.69, 9.17) is 8.83 Å². The lowest BCUT2D eigenvalue weighted by Crippen LogP contribution is -1.59. The van der Waals surface area contributed by atoms with Gasteiger partial charge in [-0.2, -0.15) is 0 Å². The molecule has 0 spiro atoms. The molecule has 0 N–H and O–H groups in total. The van der Waals surface area contributed by atoms with Crippen LogP contribution in [0, 0.1) is 20.8 Å². The van der Waals surface area contributed by atoms with Crippen molar-refractivity contribution in [3.05, 3.63) is 73.9 Å². The zero-order chi connectivity index (χ0) is 24.8. The largest absolute Gasteiger partial charge is 0.452 e. The highest BCUT2D eigenvalue weighted by molar-refractivity contribution is 4.83. The van der Waals surface area contributed by atoms with Crippen molar-refractivity contribution in [2.45, 2.75) is 98.4 Å². The fourth-order valence-corrected chi connectivity index (χ4v) is 1.02. The second-order valence-electron chi connectivity index (χ2n) is 3.97. The molecule has 0 unspecified atom stereocenters. The van der Waals surface area contributed by atoms with E-state index in [0.29, 0.717) is 0 Å². The maximum Gasteiger partial charge on any atom is 0.190 e. The lowest BCUT2D eigenvalue weighted by Gasteiger charge is -1.67. The monoisotopic (exact) mass is 486 g/mol. The van der Waals surface area contributed by atoms with E-state index in [-0.39, 0.29) is 22.3 Å². The number of aromatic nitrogens is 4. The third kappa shape index (κ3) is 42.8. The first-order chi connectivity index (χ1) is 15.2. The van der Waals surface area contributed by atoms with E-state index in [9.17, 15) is 0 Å². The molecule has 0 radical (unpaired) electrons. The quantitative estimate of drug-likeness (QED) is 0.242. The molecule has 0 aliphatic heterocycles. The van der Waals surface area contributed by atoms with Gasteiger partial charge in [0.1, 0.15) is 24.5 Å². The Morgan fingerprint density at radius 3 is 1.29 bits per heavy atom. The maximum atomic E-state index is 4.72. The summed E-state index contributed by atoms with van der Waals surface area (Å²) < 4.78 is 18.5. The van der Waals surface area contributed by atoms with Crippen LogP contribution < -0.4 is 0 Å². The molecule has 4 rings (SSSR count). The molecule has 0 aliphatic carbocycles. The van der Waals surface area contributed by atoms with Crippen LogP contribution in [0.15, 0.2) is 74.2 Å². The highest BCUT2D eigenvalue weighted by Crippen LogP contribution is 1.88. The van der Waals surface area contributed by atoms with Gasteiger partial charge in [0.05, 0.1) is 24.3 Å². The molecule has 4 aromatic heterocycles. The van der Waals surface area contributed by atoms with Crippen LogP contribution in [0.3, 0.4) is 0 Å². The van der Waals surface area contributed by atoms with E-state index in [2.05, 4.69) is 28.8 Å². The number of aryl methyl sites for hydroxylation is 3. The van der Waals surface area contributed by atoms with Crippen LogP contribution in [0.4, 0.5) is 0 Å². The van der Waals surface area contributed by atoms with Gasteiger partial charge in [-0.15, -0.1) is 0 Å². The molecule has 34 heavy (non-hydrogen) atoms. The second-order valence-corrected chi connectivity index (χ2v) is 3.97. The van der Waals surface area contributed by atoms with Crippen molar-refractivity contribution in [3.63, 3.8) is 0 Å². The molecule has 0 saturated carbocycles. The topological polar surface area (TPSA) is 104 Å². The van der Waals surface area contributed by atoms with E-state index in [1.165, 1.54) is 25.4 Å². The third-order valence-electron chi connectivity index (χ3n) is 2.01. The average molecular weight is 487 g/mol. The Labute approximate surface area is 210 Å². The highest BCUT2D eigenvalue weighted by atomic mass is 16.3. The lowest BCUT2D eigenvalue weighted by atomic mass is 10.6. The Morgan fingerprint density at radius 1 is 0.588 bits per heavy atom. The highest BCUT2D eigenvalue weighted by Gasteiger charge is 1.78. The van der Waals surface area contributed by atoms with Gasteiger partial charge in [-0.25, -0.2) is 19.9 Å². The van der Waals surface area contributed by atoms with Crippen molar-refractivity contribution in [2.75, 3.05) is 0 Å². The van der Waals surface area contributed by atoms with Crippen LogP contribution in [0.2, 0.25) is 0 Å². The van der Waals surface area contributed by atoms with E-state index in [1.54, 1.807) is 38.0 Å². The average Bonchev–Trinajstić information content (AvgIpc) is 3.65. The zero-order valence-electron chi connectivity index (χ0n) is 21.1. The minimum atomic E-state index is 0. The van der Waals surface area contributed by atoms with Crippen LogP contribution in [-0.4, -0.2) is 19.9 Å². The van der Waals surface area contributed by atoms with Crippen molar-refractivity contribution in [1.82, 2.24) is 19.9 Å². The molecule has 4 aromatic rings. The summed E-state index contributed by atoms with van der Waals surface area (Å²) in [5.74, 6) is 1.57. The third-order valence-corrected chi connectivity index (χ3v) is 2.01. The molecule has 0 aliphatic rings. The number of rotatable bonds is 0. The Morgan fingerprint density at radius 2 is 1.18 bits per heavy atom. The Hall–Kier alpha value is -3.16. The van der Waals surface area contributed by atoms with E-state index in [1.807, 2.05) is 69.2 Å². The lowest BCUT2D eigenvalue weighted by molar-refractivity contribution is 0.521. The van der Waals surface area contributed by atoms with Crippen LogP contribution in [0.25, 0.3) is 0 Å². The number of oxazole rings is 4. The minimum absolute atomic E-state index is 0. The van der Waals surface area contributed by atoms with Gasteiger partial charge in [-0.05, 0) is 13.8 Å². The second kappa shape index (κ2) is 47.6. The Balaban J connectivity index is -0.0000000508. The molecule has 0 saturated heterocycles. The van der Waals surface area contributed by atoms with Gasteiger partial charge in [0.2, 0.25) is 0 Å². The van der Waals surface area contributed by atoms with Gasteiger partial charge >= 0.3 is 0 Å². The molecule has 8 heteroatoms. The molecule has 0 fully saturated rings. The SMILES string of the molecule is C.C.C.CC.CC.CC.CC.Cc1cnco1.Cc1cocn1.Cc1ncco1.c1cocn1. The summed E-state index contributed by atoms with van der Waals surface area (Å²) in [5.41, 5.74) is 0.926. The molecule has 0 aromatic carbocycles. The smallest absolute Gasteiger partial charge is 0.190 e. The Bertz CT molecular complexity index is 571. The predicted octanol–water partition coefficient (Wildman–Crippen LogP) is 9.64. The molecular formula is C26H54N4O4. The fraction of sp³-hybridized carbons (Fsp3) is 0.538. The van der Waals surface area contributed by atoms with Gasteiger partial charge in [-0.3, -0.25) is 0 Å². The Kier molecular flexibility index (Phi) is 67.6. The van der Waals surface area contributed by atoms with Crippen molar-refractivity contribution in [1.29, 1.82) is 0 Å². The van der Waals surface area contributed by atoms with E-state index >= 15 is 0 Å². The maximum absolute atomic E-state index is 4.72. The van der Waals surface area contributed by atoms with Gasteiger partial charge in [0, 0.05) is 6.92 Å². The first-order valence-corrected chi connectivity index (χ1v) is 10.6. The fourth-order valence-electron chi connectivity index (χ4n) is 1.02. The van der Waals surface area contributed by atoms with Gasteiger partial charge < -0.3 is 17.7 Å². The zero-order valence-corrected chi connectivity index (χ0v) is 21.1. The van der Waals surface area contributed by atoms with Crippen molar-refractivity contribution >= 4 is 0 Å². The van der Waals surface area contributed by atoms with Crippen LogP contribution >= 0.6 is 0 Å². The molecule has 202 valence electrons. The van der Waals surface area contributed by atoms with Crippen molar-refractivity contribution < 1.29 is 17.7 Å². The number of nitrogens with zero attached hydrogens (tertiary/aromatic N) is 4. The van der Waals surface area contributed by atoms with E-state index < -0.39 is 0 Å². The molecule has 8 nitrogen and oxygen atoms in total. The normalized spacial score (nSPS) is 6.56. The van der Waals surface area contributed by atoms with Crippen LogP contribution in [0.5, 0.6) is 0 Å². The molecule has 0 atom stereocenters. The summed E-state index contributed by atoms with van der Waals surface area (Å²) in [6.07, 6.45) is 13.7. The van der Waals surface area contributed by atoms with Crippen molar-refractivity contribution in [2.24, 2.45) is 0 Å². The number of hydrogen-bond acceptors (Lipinski definition) is 8. The summed E-state index contributed by atoms with van der Waals surface area (Å²) in [5, 5.41) is 0. The standard InChI is InChI=1S/3C4H5NO.C3H3NO.4C2H6.3CH4/c1-4-2-6-3-5-4;1-4-2-5-3-6-4;1-4-5-2-3-6-4;1-2-5-3-4-1;4*1-2;;;/h3*2-3H,1H3;1-3H;4*1-2H3;3*1H4. The molecule has 4 heterocycles. The van der Waals surface area contributed by atoms with Gasteiger partial charge in [0.15, 0.2) is 25.1 Å². The first kappa shape index (κ1) is 48.3. The summed E-state index contributed by atoms with van der Waals surface area (Å²) in [6, 6.07) is 0. The molecule has 0 amide bonds. The summed E-state index contributed by atoms with van der Waals surface area (Å²) in [6.45, 7) is 21.5. The van der Waals surface area contributed by atoms with E-state index in [0.717, 1.165) is 17.3 Å². The first-order valence-electron chi connectivity index (χ1n) is 10.6. The van der Waals surface area contributed by atoms with Gasteiger partial charge in [0.25, 0.3) is 0 Å². The molecular weight excluding hydrogens is 432 g/mol. The minimum Gasteiger partial charge on any atom is -0.452 e. The van der Waals surface area contributed by atoms with Crippen molar-refractivity contribution in [3.8, 4) is 0 Å². The van der Waals surface area contributed by atoms with Crippen LogP contribution in [-0.2, 0) is 0 Å². The summed E-state index contributed by atoms with van der Waals surface area (Å²) in [4.78, 5) is 14.7. The predicted molar refractivity (Wildman–Crippen MR) is 146 cm³/mol. The summed E-state index contributed by atoms with van der Waals surface area (Å²) in [7, 11) is 0. The van der Waals surface area contributed by atoms with Crippen LogP contribution in [0.1, 0.15) is 95.0 Å². The van der Waals surface area contributed by atoms with Gasteiger partial charge in [-0.1, -0.05) is 77.7 Å².